The first-order valence-corrected chi connectivity index (χ1v) is 7.73. The summed E-state index contributed by atoms with van der Waals surface area (Å²) in [5.41, 5.74) is 0.464. The van der Waals surface area contributed by atoms with Crippen LogP contribution in [0.3, 0.4) is 0 Å². The third-order valence-electron chi connectivity index (χ3n) is 4.95. The molecule has 0 aromatic heterocycles. The number of ether oxygens (including phenoxy) is 1. The lowest BCUT2D eigenvalue weighted by Crippen LogP contribution is -2.48. The van der Waals surface area contributed by atoms with Crippen LogP contribution in [0.4, 0.5) is 0 Å². The molecule has 3 nitrogen and oxygen atoms in total. The first kappa shape index (κ1) is 14.3. The molecule has 3 heteroatoms. The van der Waals surface area contributed by atoms with E-state index in [4.69, 9.17) is 4.74 Å². The van der Waals surface area contributed by atoms with E-state index < -0.39 is 0 Å². The van der Waals surface area contributed by atoms with Gasteiger partial charge >= 0.3 is 0 Å². The van der Waals surface area contributed by atoms with Gasteiger partial charge in [-0.3, -0.25) is 0 Å². The van der Waals surface area contributed by atoms with Crippen LogP contribution in [0.1, 0.15) is 39.0 Å². The molecule has 2 fully saturated rings. The van der Waals surface area contributed by atoms with E-state index in [1.165, 1.54) is 51.7 Å². The van der Waals surface area contributed by atoms with E-state index in [0.717, 1.165) is 25.7 Å². The van der Waals surface area contributed by atoms with Gasteiger partial charge in [0.2, 0.25) is 0 Å². The van der Waals surface area contributed by atoms with Crippen molar-refractivity contribution in [3.63, 3.8) is 0 Å². The molecular formula is C15H30N2O. The Kier molecular flexibility index (Phi) is 5.46. The largest absolute Gasteiger partial charge is 0.381 e. The summed E-state index contributed by atoms with van der Waals surface area (Å²) in [4.78, 5) is 2.70. The van der Waals surface area contributed by atoms with Crippen LogP contribution in [0.2, 0.25) is 0 Å². The Morgan fingerprint density at radius 3 is 2.44 bits per heavy atom. The molecule has 0 aliphatic carbocycles. The number of nitrogens with one attached hydrogen (secondary N) is 1. The first-order chi connectivity index (χ1) is 8.78. The summed E-state index contributed by atoms with van der Waals surface area (Å²) in [5, 5.41) is 3.41. The first-order valence-electron chi connectivity index (χ1n) is 7.73. The molecule has 0 atom stereocenters. The summed E-state index contributed by atoms with van der Waals surface area (Å²) in [6, 6.07) is 0. The molecule has 0 amide bonds. The highest BCUT2D eigenvalue weighted by Crippen LogP contribution is 2.32. The molecule has 2 aliphatic heterocycles. The SMILES string of the molecule is CCC1CCN(CC2(CNC)CCOCC2)CC1. The Bertz CT molecular complexity index is 225. The zero-order chi connectivity index (χ0) is 12.8. The van der Waals surface area contributed by atoms with E-state index in [9.17, 15) is 0 Å². The summed E-state index contributed by atoms with van der Waals surface area (Å²) >= 11 is 0. The number of hydrogen-bond donors (Lipinski definition) is 1. The van der Waals surface area contributed by atoms with Crippen LogP contribution in [0, 0.1) is 11.3 Å². The van der Waals surface area contributed by atoms with Crippen LogP contribution in [-0.4, -0.2) is 51.3 Å². The number of nitrogens with zero attached hydrogens (tertiary/aromatic N) is 1. The van der Waals surface area contributed by atoms with Crippen molar-refractivity contribution in [1.29, 1.82) is 0 Å². The minimum atomic E-state index is 0.464. The minimum Gasteiger partial charge on any atom is -0.381 e. The van der Waals surface area contributed by atoms with Gasteiger partial charge in [-0.1, -0.05) is 13.3 Å². The average molecular weight is 254 g/mol. The molecular weight excluding hydrogens is 224 g/mol. The molecule has 2 saturated heterocycles. The lowest BCUT2D eigenvalue weighted by atomic mass is 9.79. The van der Waals surface area contributed by atoms with Crippen LogP contribution in [0.5, 0.6) is 0 Å². The second-order valence-electron chi connectivity index (χ2n) is 6.27. The molecule has 2 heterocycles. The smallest absolute Gasteiger partial charge is 0.0472 e. The molecule has 18 heavy (non-hydrogen) atoms. The topological polar surface area (TPSA) is 24.5 Å². The van der Waals surface area contributed by atoms with Gasteiger partial charge in [0.05, 0.1) is 0 Å². The van der Waals surface area contributed by atoms with Crippen molar-refractivity contribution in [3.8, 4) is 0 Å². The third-order valence-corrected chi connectivity index (χ3v) is 4.95. The van der Waals surface area contributed by atoms with Crippen LogP contribution in [0.25, 0.3) is 0 Å². The number of hydrogen-bond acceptors (Lipinski definition) is 3. The molecule has 2 aliphatic rings. The van der Waals surface area contributed by atoms with Gasteiger partial charge in [-0.05, 0) is 57.2 Å². The molecule has 2 rings (SSSR count). The lowest BCUT2D eigenvalue weighted by Gasteiger charge is -2.43. The zero-order valence-electron chi connectivity index (χ0n) is 12.2. The normalized spacial score (nSPS) is 26.3. The number of piperidine rings is 1. The molecule has 1 N–H and O–H groups in total. The van der Waals surface area contributed by atoms with Gasteiger partial charge in [0, 0.05) is 26.3 Å². The fourth-order valence-electron chi connectivity index (χ4n) is 3.60. The second kappa shape index (κ2) is 6.88. The molecule has 0 bridgehead atoms. The molecule has 0 saturated carbocycles. The fraction of sp³-hybridized carbons (Fsp3) is 1.00. The Morgan fingerprint density at radius 1 is 1.22 bits per heavy atom. The van der Waals surface area contributed by atoms with Gasteiger partial charge in [0.15, 0.2) is 0 Å². The van der Waals surface area contributed by atoms with Crippen LogP contribution in [0.15, 0.2) is 0 Å². The van der Waals surface area contributed by atoms with E-state index in [-0.39, 0.29) is 0 Å². The van der Waals surface area contributed by atoms with Crippen LogP contribution >= 0.6 is 0 Å². The van der Waals surface area contributed by atoms with Gasteiger partial charge in [-0.2, -0.15) is 0 Å². The Morgan fingerprint density at radius 2 is 1.89 bits per heavy atom. The predicted molar refractivity (Wildman–Crippen MR) is 75.9 cm³/mol. The maximum absolute atomic E-state index is 5.55. The van der Waals surface area contributed by atoms with Crippen molar-refractivity contribution in [3.05, 3.63) is 0 Å². The van der Waals surface area contributed by atoms with Gasteiger partial charge in [0.1, 0.15) is 0 Å². The monoisotopic (exact) mass is 254 g/mol. The van der Waals surface area contributed by atoms with E-state index in [1.807, 2.05) is 0 Å². The molecule has 0 aromatic rings. The average Bonchev–Trinajstić information content (AvgIpc) is 2.41. The van der Waals surface area contributed by atoms with Gasteiger partial charge < -0.3 is 15.0 Å². The Labute approximate surface area is 112 Å². The van der Waals surface area contributed by atoms with E-state index in [0.29, 0.717) is 5.41 Å². The molecule has 0 unspecified atom stereocenters. The zero-order valence-corrected chi connectivity index (χ0v) is 12.2. The number of likely N-dealkylation sites (tertiary alicyclic amines) is 1. The summed E-state index contributed by atoms with van der Waals surface area (Å²) in [6.45, 7) is 9.27. The molecule has 0 spiro atoms. The maximum atomic E-state index is 5.55. The van der Waals surface area contributed by atoms with Gasteiger partial charge in [-0.15, -0.1) is 0 Å². The highest BCUT2D eigenvalue weighted by molar-refractivity contribution is 4.88. The summed E-state index contributed by atoms with van der Waals surface area (Å²) in [5.74, 6) is 0.983. The summed E-state index contributed by atoms with van der Waals surface area (Å²) in [7, 11) is 2.08. The molecule has 0 aromatic carbocycles. The maximum Gasteiger partial charge on any atom is 0.0472 e. The summed E-state index contributed by atoms with van der Waals surface area (Å²) in [6.07, 6.45) is 6.62. The predicted octanol–water partition coefficient (Wildman–Crippen LogP) is 2.12. The highest BCUT2D eigenvalue weighted by atomic mass is 16.5. The Hall–Kier alpha value is -0.120. The summed E-state index contributed by atoms with van der Waals surface area (Å²) < 4.78 is 5.55. The minimum absolute atomic E-state index is 0.464. The van der Waals surface area contributed by atoms with Gasteiger partial charge in [0.25, 0.3) is 0 Å². The lowest BCUT2D eigenvalue weighted by molar-refractivity contribution is -0.00884. The fourth-order valence-corrected chi connectivity index (χ4v) is 3.60. The van der Waals surface area contributed by atoms with E-state index in [1.54, 1.807) is 0 Å². The quantitative estimate of drug-likeness (QED) is 0.813. The Balaban J connectivity index is 1.85. The van der Waals surface area contributed by atoms with Crippen LogP contribution < -0.4 is 5.32 Å². The molecule has 106 valence electrons. The van der Waals surface area contributed by atoms with Crippen molar-refractivity contribution in [1.82, 2.24) is 10.2 Å². The van der Waals surface area contributed by atoms with Crippen molar-refractivity contribution in [2.75, 3.05) is 46.4 Å². The third kappa shape index (κ3) is 3.69. The highest BCUT2D eigenvalue weighted by Gasteiger charge is 2.34. The van der Waals surface area contributed by atoms with E-state index in [2.05, 4.69) is 24.2 Å². The number of rotatable bonds is 5. The van der Waals surface area contributed by atoms with Crippen molar-refractivity contribution >= 4 is 0 Å². The van der Waals surface area contributed by atoms with Crippen molar-refractivity contribution in [2.24, 2.45) is 11.3 Å². The van der Waals surface area contributed by atoms with Crippen molar-refractivity contribution < 1.29 is 4.74 Å². The van der Waals surface area contributed by atoms with E-state index >= 15 is 0 Å². The van der Waals surface area contributed by atoms with Crippen molar-refractivity contribution in [2.45, 2.75) is 39.0 Å². The second-order valence-corrected chi connectivity index (χ2v) is 6.27. The molecule has 0 radical (unpaired) electrons. The standard InChI is InChI=1S/C15H30N2O/c1-3-14-4-8-17(9-5-14)13-15(12-16-2)6-10-18-11-7-15/h14,16H,3-13H2,1-2H3. The van der Waals surface area contributed by atoms with Gasteiger partial charge in [-0.25, -0.2) is 0 Å². The van der Waals surface area contributed by atoms with Crippen LogP contribution in [-0.2, 0) is 4.74 Å².